The molecule has 6 heteroatoms. The highest BCUT2D eigenvalue weighted by Crippen LogP contribution is 2.44. The highest BCUT2D eigenvalue weighted by Gasteiger charge is 2.39. The van der Waals surface area contributed by atoms with E-state index in [9.17, 15) is 4.79 Å². The first-order valence-electron chi connectivity index (χ1n) is 10.8. The molecule has 0 radical (unpaired) electrons. The van der Waals surface area contributed by atoms with Crippen molar-refractivity contribution in [1.82, 2.24) is 14.8 Å². The van der Waals surface area contributed by atoms with Gasteiger partial charge in [-0.2, -0.15) is 10.1 Å². The summed E-state index contributed by atoms with van der Waals surface area (Å²) in [5, 5.41) is 8.02. The highest BCUT2D eigenvalue weighted by atomic mass is 16.5. The van der Waals surface area contributed by atoms with Crippen molar-refractivity contribution in [2.24, 2.45) is 0 Å². The second-order valence-electron chi connectivity index (χ2n) is 8.29. The molecule has 1 aliphatic heterocycles. The van der Waals surface area contributed by atoms with Crippen LogP contribution >= 0.6 is 0 Å². The first-order valence-corrected chi connectivity index (χ1v) is 10.8. The van der Waals surface area contributed by atoms with Crippen molar-refractivity contribution in [1.29, 1.82) is 0 Å². The summed E-state index contributed by atoms with van der Waals surface area (Å²) in [7, 11) is 0. The fraction of sp³-hybridized carbons (Fsp3) is 0.320. The number of anilines is 1. The molecule has 2 heterocycles. The number of aromatic nitrogens is 3. The Balaban J connectivity index is 1.56. The van der Waals surface area contributed by atoms with Crippen LogP contribution in [0.25, 0.3) is 0 Å². The van der Waals surface area contributed by atoms with E-state index in [1.165, 1.54) is 11.1 Å². The number of nitrogens with zero attached hydrogens (tertiary/aromatic N) is 3. The van der Waals surface area contributed by atoms with Crippen molar-refractivity contribution in [2.45, 2.75) is 45.6 Å². The molecule has 6 nitrogen and oxygen atoms in total. The Bertz CT molecular complexity index is 1160. The molecular weight excluding hydrogens is 388 g/mol. The fourth-order valence-electron chi connectivity index (χ4n) is 4.61. The number of fused-ring (bicyclic) bond motifs is 1. The first-order chi connectivity index (χ1) is 15.0. The monoisotopic (exact) mass is 414 g/mol. The number of benzene rings is 2. The second-order valence-corrected chi connectivity index (χ2v) is 8.29. The third-order valence-electron chi connectivity index (χ3n) is 6.08. The number of ketones is 1. The van der Waals surface area contributed by atoms with Gasteiger partial charge in [0.2, 0.25) is 5.95 Å². The maximum Gasteiger partial charge on any atom is 0.226 e. The number of hydrogen-bond acceptors (Lipinski definition) is 5. The SMILES string of the molecule is CCOc1ccc([C@@H]2C3=C(C[C@H](c4ccc(C)cc4)CC3=O)Nc3nc(C)nn32)cc1. The number of carbonyl (C=O) groups excluding carboxylic acids is 1. The summed E-state index contributed by atoms with van der Waals surface area (Å²) in [5.41, 5.74) is 5.19. The molecule has 0 saturated carbocycles. The smallest absolute Gasteiger partial charge is 0.226 e. The van der Waals surface area contributed by atoms with E-state index >= 15 is 0 Å². The zero-order valence-corrected chi connectivity index (χ0v) is 18.1. The van der Waals surface area contributed by atoms with Gasteiger partial charge in [-0.05, 0) is 56.4 Å². The van der Waals surface area contributed by atoms with Crippen LogP contribution < -0.4 is 10.1 Å². The zero-order chi connectivity index (χ0) is 21.5. The fourth-order valence-corrected chi connectivity index (χ4v) is 4.61. The molecule has 0 saturated heterocycles. The maximum absolute atomic E-state index is 13.5. The summed E-state index contributed by atoms with van der Waals surface area (Å²) < 4.78 is 7.44. The minimum Gasteiger partial charge on any atom is -0.494 e. The van der Waals surface area contributed by atoms with E-state index in [0.29, 0.717) is 24.8 Å². The van der Waals surface area contributed by atoms with E-state index in [1.54, 1.807) is 0 Å². The lowest BCUT2D eigenvalue weighted by molar-refractivity contribution is -0.116. The number of ether oxygens (including phenoxy) is 1. The summed E-state index contributed by atoms with van der Waals surface area (Å²) in [6.45, 7) is 6.54. The van der Waals surface area contributed by atoms with Crippen molar-refractivity contribution in [3.63, 3.8) is 0 Å². The van der Waals surface area contributed by atoms with Crippen molar-refractivity contribution < 1.29 is 9.53 Å². The predicted molar refractivity (Wildman–Crippen MR) is 119 cm³/mol. The molecule has 1 aromatic heterocycles. The molecule has 0 bridgehead atoms. The molecule has 1 aliphatic carbocycles. The van der Waals surface area contributed by atoms with Crippen LogP contribution in [0.4, 0.5) is 5.95 Å². The minimum atomic E-state index is -0.283. The Morgan fingerprint density at radius 1 is 1.03 bits per heavy atom. The van der Waals surface area contributed by atoms with E-state index in [2.05, 4.69) is 46.6 Å². The molecule has 5 rings (SSSR count). The van der Waals surface area contributed by atoms with Crippen molar-refractivity contribution >= 4 is 11.7 Å². The molecule has 0 spiro atoms. The summed E-state index contributed by atoms with van der Waals surface area (Å²) in [4.78, 5) is 18.0. The van der Waals surface area contributed by atoms with Gasteiger partial charge in [0, 0.05) is 17.7 Å². The average Bonchev–Trinajstić information content (AvgIpc) is 3.13. The van der Waals surface area contributed by atoms with Crippen LogP contribution in [0, 0.1) is 13.8 Å². The second kappa shape index (κ2) is 7.69. The van der Waals surface area contributed by atoms with Crippen molar-refractivity contribution in [3.8, 4) is 5.75 Å². The van der Waals surface area contributed by atoms with Gasteiger partial charge in [-0.15, -0.1) is 0 Å². The number of nitrogens with one attached hydrogen (secondary N) is 1. The standard InChI is InChI=1S/C25H26N4O2/c1-4-31-20-11-9-18(10-12-20)24-23-21(27-25-26-16(3)28-29(24)25)13-19(14-22(23)30)17-7-5-15(2)6-8-17/h5-12,19,24H,4,13-14H2,1-3H3,(H,26,27,28)/t19-,24+/m0/s1. The van der Waals surface area contributed by atoms with Crippen molar-refractivity contribution in [2.75, 3.05) is 11.9 Å². The van der Waals surface area contributed by atoms with Crippen LogP contribution in [0.15, 0.2) is 59.8 Å². The van der Waals surface area contributed by atoms with Gasteiger partial charge < -0.3 is 10.1 Å². The topological polar surface area (TPSA) is 69.0 Å². The van der Waals surface area contributed by atoms with Gasteiger partial charge in [0.05, 0.1) is 6.61 Å². The lowest BCUT2D eigenvalue weighted by atomic mass is 9.78. The lowest BCUT2D eigenvalue weighted by Crippen LogP contribution is -2.33. The van der Waals surface area contributed by atoms with Crippen LogP contribution in [-0.4, -0.2) is 27.2 Å². The molecule has 31 heavy (non-hydrogen) atoms. The van der Waals surface area contributed by atoms with Gasteiger partial charge in [0.1, 0.15) is 17.6 Å². The lowest BCUT2D eigenvalue weighted by Gasteiger charge is -2.35. The number of aryl methyl sites for hydroxylation is 2. The molecule has 0 amide bonds. The Morgan fingerprint density at radius 3 is 2.45 bits per heavy atom. The molecule has 1 N–H and O–H groups in total. The third-order valence-corrected chi connectivity index (χ3v) is 6.08. The molecule has 3 aromatic rings. The maximum atomic E-state index is 13.5. The normalized spacial score (nSPS) is 20.2. The van der Waals surface area contributed by atoms with Gasteiger partial charge in [-0.25, -0.2) is 4.68 Å². The van der Waals surface area contributed by atoms with Crippen LogP contribution in [0.3, 0.4) is 0 Å². The Hall–Kier alpha value is -3.41. The molecule has 2 aliphatic rings. The Labute approximate surface area is 182 Å². The summed E-state index contributed by atoms with van der Waals surface area (Å²) in [6, 6.07) is 16.2. The number of carbonyl (C=O) groups is 1. The van der Waals surface area contributed by atoms with Crippen LogP contribution in [-0.2, 0) is 4.79 Å². The van der Waals surface area contributed by atoms with Gasteiger partial charge in [0.15, 0.2) is 5.78 Å². The minimum absolute atomic E-state index is 0.163. The molecule has 0 fully saturated rings. The van der Waals surface area contributed by atoms with Gasteiger partial charge in [-0.1, -0.05) is 42.0 Å². The van der Waals surface area contributed by atoms with E-state index in [4.69, 9.17) is 4.74 Å². The zero-order valence-electron chi connectivity index (χ0n) is 18.1. The third kappa shape index (κ3) is 3.52. The van der Waals surface area contributed by atoms with E-state index in [1.807, 2.05) is 42.8 Å². The highest BCUT2D eigenvalue weighted by molar-refractivity contribution is 6.00. The van der Waals surface area contributed by atoms with Crippen LogP contribution in [0.5, 0.6) is 5.75 Å². The number of rotatable bonds is 4. The molecule has 2 atom stereocenters. The molecule has 2 aromatic carbocycles. The summed E-state index contributed by atoms with van der Waals surface area (Å²) in [5.74, 6) is 2.51. The van der Waals surface area contributed by atoms with Gasteiger partial charge in [0.25, 0.3) is 0 Å². The average molecular weight is 415 g/mol. The number of Topliss-reactive ketones (excluding diaryl/α,β-unsaturated/α-hetero) is 1. The van der Waals surface area contributed by atoms with E-state index < -0.39 is 0 Å². The number of hydrogen-bond donors (Lipinski definition) is 1. The largest absolute Gasteiger partial charge is 0.494 e. The first kappa shape index (κ1) is 19.5. The van der Waals surface area contributed by atoms with Crippen LogP contribution in [0.1, 0.15) is 54.2 Å². The van der Waals surface area contributed by atoms with Gasteiger partial charge >= 0.3 is 0 Å². The summed E-state index contributed by atoms with van der Waals surface area (Å²) in [6.07, 6.45) is 1.28. The van der Waals surface area contributed by atoms with E-state index in [0.717, 1.165) is 29.0 Å². The Morgan fingerprint density at radius 2 is 1.74 bits per heavy atom. The van der Waals surface area contributed by atoms with Crippen LogP contribution in [0.2, 0.25) is 0 Å². The van der Waals surface area contributed by atoms with Crippen molar-refractivity contribution in [3.05, 3.63) is 82.3 Å². The molecular formula is C25H26N4O2. The van der Waals surface area contributed by atoms with E-state index in [-0.39, 0.29) is 17.7 Å². The summed E-state index contributed by atoms with van der Waals surface area (Å²) >= 11 is 0. The molecule has 158 valence electrons. The predicted octanol–water partition coefficient (Wildman–Crippen LogP) is 4.71. The molecule has 0 unspecified atom stereocenters. The Kier molecular flexibility index (Phi) is 4.85. The quantitative estimate of drug-likeness (QED) is 0.670. The van der Waals surface area contributed by atoms with Gasteiger partial charge in [-0.3, -0.25) is 4.79 Å². The number of allylic oxidation sites excluding steroid dienone is 2.